The van der Waals surface area contributed by atoms with E-state index in [9.17, 15) is 4.79 Å². The van der Waals surface area contributed by atoms with E-state index in [0.717, 1.165) is 24.8 Å². The highest BCUT2D eigenvalue weighted by atomic mass is 16.5. The lowest BCUT2D eigenvalue weighted by Crippen LogP contribution is -2.40. The highest BCUT2D eigenvalue weighted by molar-refractivity contribution is 5.94. The van der Waals surface area contributed by atoms with Crippen molar-refractivity contribution >= 4 is 5.91 Å². The van der Waals surface area contributed by atoms with Crippen LogP contribution in [0.25, 0.3) is 0 Å². The van der Waals surface area contributed by atoms with Crippen molar-refractivity contribution in [1.82, 2.24) is 4.90 Å². The number of carbonyl (C=O) groups excluding carboxylic acids is 1. The van der Waals surface area contributed by atoms with Gasteiger partial charge in [-0.2, -0.15) is 0 Å². The number of morpholine rings is 1. The van der Waals surface area contributed by atoms with Crippen LogP contribution in [-0.2, 0) is 11.2 Å². The number of ether oxygens (including phenoxy) is 1. The van der Waals surface area contributed by atoms with Crippen molar-refractivity contribution in [3.8, 4) is 0 Å². The molecule has 4 heteroatoms. The molecule has 0 aromatic heterocycles. The Morgan fingerprint density at radius 2 is 2.05 bits per heavy atom. The smallest absolute Gasteiger partial charge is 0.254 e. The number of carbonyl (C=O) groups is 1. The van der Waals surface area contributed by atoms with E-state index < -0.39 is 0 Å². The summed E-state index contributed by atoms with van der Waals surface area (Å²) in [5.41, 5.74) is 8.06. The lowest BCUT2D eigenvalue weighted by atomic mass is 10.0. The molecular weight excluding hydrogens is 240 g/mol. The fourth-order valence-electron chi connectivity index (χ4n) is 2.51. The normalized spacial score (nSPS) is 21.2. The second-order valence-electron chi connectivity index (χ2n) is 5.64. The van der Waals surface area contributed by atoms with Gasteiger partial charge in [0.25, 0.3) is 5.91 Å². The Labute approximate surface area is 113 Å². The predicted molar refractivity (Wildman–Crippen MR) is 73.0 cm³/mol. The number of hydrogen-bond acceptors (Lipinski definition) is 3. The molecule has 1 aliphatic heterocycles. The van der Waals surface area contributed by atoms with Gasteiger partial charge >= 0.3 is 0 Å². The molecule has 1 aromatic rings. The zero-order valence-corrected chi connectivity index (χ0v) is 11.1. The number of amides is 1. The average Bonchev–Trinajstić information content (AvgIpc) is 3.16. The van der Waals surface area contributed by atoms with Crippen LogP contribution in [-0.4, -0.2) is 42.6 Å². The first-order chi connectivity index (χ1) is 9.16. The third-order valence-electron chi connectivity index (χ3n) is 3.92. The zero-order chi connectivity index (χ0) is 13.3. The molecule has 2 N–H and O–H groups in total. The largest absolute Gasteiger partial charge is 0.378 e. The fourth-order valence-corrected chi connectivity index (χ4v) is 2.51. The summed E-state index contributed by atoms with van der Waals surface area (Å²) >= 11 is 0. The van der Waals surface area contributed by atoms with Crippen LogP contribution in [0.2, 0.25) is 0 Å². The van der Waals surface area contributed by atoms with E-state index in [1.54, 1.807) is 0 Å². The number of rotatable bonds is 3. The van der Waals surface area contributed by atoms with Crippen molar-refractivity contribution in [2.24, 2.45) is 5.73 Å². The quantitative estimate of drug-likeness (QED) is 0.888. The van der Waals surface area contributed by atoms with Gasteiger partial charge in [-0.25, -0.2) is 0 Å². The van der Waals surface area contributed by atoms with Gasteiger partial charge < -0.3 is 15.4 Å². The van der Waals surface area contributed by atoms with Gasteiger partial charge in [0, 0.05) is 24.2 Å². The molecule has 102 valence electrons. The molecule has 3 rings (SSSR count). The van der Waals surface area contributed by atoms with Gasteiger partial charge in [-0.1, -0.05) is 12.1 Å². The van der Waals surface area contributed by atoms with E-state index in [0.29, 0.717) is 26.3 Å². The summed E-state index contributed by atoms with van der Waals surface area (Å²) < 4.78 is 5.27. The summed E-state index contributed by atoms with van der Waals surface area (Å²) in [6, 6.07) is 7.89. The van der Waals surface area contributed by atoms with E-state index in [4.69, 9.17) is 10.5 Å². The highest BCUT2D eigenvalue weighted by Crippen LogP contribution is 2.35. The maximum absolute atomic E-state index is 12.4. The molecule has 1 aliphatic carbocycles. The Hall–Kier alpha value is -1.39. The Balaban J connectivity index is 1.72. The van der Waals surface area contributed by atoms with Gasteiger partial charge in [0.2, 0.25) is 0 Å². The van der Waals surface area contributed by atoms with Crippen molar-refractivity contribution in [1.29, 1.82) is 0 Å². The Morgan fingerprint density at radius 1 is 1.32 bits per heavy atom. The SMILES string of the molecule is NC1(Cc2cccc(C(=O)N3CCOCC3)c2)CC1. The number of nitrogens with two attached hydrogens (primary N) is 1. The maximum Gasteiger partial charge on any atom is 0.254 e. The molecule has 1 heterocycles. The monoisotopic (exact) mass is 260 g/mol. The summed E-state index contributed by atoms with van der Waals surface area (Å²) in [6.45, 7) is 2.64. The number of nitrogens with zero attached hydrogens (tertiary/aromatic N) is 1. The summed E-state index contributed by atoms with van der Waals surface area (Å²) in [4.78, 5) is 14.2. The van der Waals surface area contributed by atoms with Crippen molar-refractivity contribution in [3.63, 3.8) is 0 Å². The molecule has 19 heavy (non-hydrogen) atoms. The minimum atomic E-state index is -0.0133. The van der Waals surface area contributed by atoms with Crippen LogP contribution in [0, 0.1) is 0 Å². The standard InChI is InChI=1S/C15H20N2O2/c16-15(4-5-15)11-12-2-1-3-13(10-12)14(18)17-6-8-19-9-7-17/h1-3,10H,4-9,11,16H2. The fraction of sp³-hybridized carbons (Fsp3) is 0.533. The summed E-state index contributed by atoms with van der Waals surface area (Å²) in [6.07, 6.45) is 3.06. The van der Waals surface area contributed by atoms with Gasteiger partial charge in [-0.15, -0.1) is 0 Å². The topological polar surface area (TPSA) is 55.6 Å². The van der Waals surface area contributed by atoms with E-state index in [1.807, 2.05) is 23.1 Å². The van der Waals surface area contributed by atoms with Crippen LogP contribution >= 0.6 is 0 Å². The maximum atomic E-state index is 12.4. The predicted octanol–water partition coefficient (Wildman–Crippen LogP) is 1.19. The van der Waals surface area contributed by atoms with Gasteiger partial charge in [0.1, 0.15) is 0 Å². The van der Waals surface area contributed by atoms with E-state index in [-0.39, 0.29) is 11.4 Å². The second kappa shape index (κ2) is 4.94. The molecule has 4 nitrogen and oxygen atoms in total. The molecule has 1 saturated heterocycles. The Kier molecular flexibility index (Phi) is 3.29. The molecule has 1 amide bonds. The van der Waals surface area contributed by atoms with Crippen LogP contribution in [0.5, 0.6) is 0 Å². The highest BCUT2D eigenvalue weighted by Gasteiger charge is 2.38. The molecule has 2 aliphatic rings. The molecule has 1 saturated carbocycles. The van der Waals surface area contributed by atoms with Crippen LogP contribution in [0.3, 0.4) is 0 Å². The van der Waals surface area contributed by atoms with Crippen molar-refractivity contribution in [3.05, 3.63) is 35.4 Å². The van der Waals surface area contributed by atoms with Gasteiger partial charge in [0.05, 0.1) is 13.2 Å². The summed E-state index contributed by atoms with van der Waals surface area (Å²) in [5.74, 6) is 0.104. The van der Waals surface area contributed by atoms with Gasteiger partial charge in [-0.05, 0) is 37.0 Å². The van der Waals surface area contributed by atoms with E-state index in [2.05, 4.69) is 6.07 Å². The van der Waals surface area contributed by atoms with E-state index in [1.165, 1.54) is 5.56 Å². The first-order valence-corrected chi connectivity index (χ1v) is 6.91. The lowest BCUT2D eigenvalue weighted by Gasteiger charge is -2.27. The van der Waals surface area contributed by atoms with Crippen LogP contribution in [0.4, 0.5) is 0 Å². The third kappa shape index (κ3) is 2.96. The second-order valence-corrected chi connectivity index (χ2v) is 5.64. The molecule has 0 spiro atoms. The first-order valence-electron chi connectivity index (χ1n) is 6.91. The van der Waals surface area contributed by atoms with Gasteiger partial charge in [0.15, 0.2) is 0 Å². The molecule has 0 radical (unpaired) electrons. The molecular formula is C15H20N2O2. The third-order valence-corrected chi connectivity index (χ3v) is 3.92. The van der Waals surface area contributed by atoms with Crippen molar-refractivity contribution in [2.75, 3.05) is 26.3 Å². The van der Waals surface area contributed by atoms with Crippen molar-refractivity contribution < 1.29 is 9.53 Å². The minimum absolute atomic E-state index is 0.0133. The van der Waals surface area contributed by atoms with Crippen LogP contribution < -0.4 is 5.73 Å². The van der Waals surface area contributed by atoms with Crippen LogP contribution in [0.15, 0.2) is 24.3 Å². The van der Waals surface area contributed by atoms with E-state index >= 15 is 0 Å². The molecule has 0 unspecified atom stereocenters. The summed E-state index contributed by atoms with van der Waals surface area (Å²) in [5, 5.41) is 0. The van der Waals surface area contributed by atoms with Crippen LogP contribution in [0.1, 0.15) is 28.8 Å². The Bertz CT molecular complexity index is 477. The molecule has 1 aromatic carbocycles. The average molecular weight is 260 g/mol. The minimum Gasteiger partial charge on any atom is -0.378 e. The molecule has 0 atom stereocenters. The zero-order valence-electron chi connectivity index (χ0n) is 11.1. The number of hydrogen-bond donors (Lipinski definition) is 1. The molecule has 0 bridgehead atoms. The summed E-state index contributed by atoms with van der Waals surface area (Å²) in [7, 11) is 0. The molecule has 2 fully saturated rings. The van der Waals surface area contributed by atoms with Crippen molar-refractivity contribution in [2.45, 2.75) is 24.8 Å². The van der Waals surface area contributed by atoms with Gasteiger partial charge in [-0.3, -0.25) is 4.79 Å². The Morgan fingerprint density at radius 3 is 2.74 bits per heavy atom. The first kappa shape index (κ1) is 12.6. The number of benzene rings is 1. The lowest BCUT2D eigenvalue weighted by molar-refractivity contribution is 0.0303.